The first-order valence-electron chi connectivity index (χ1n) is 7.46. The van der Waals surface area contributed by atoms with Crippen LogP contribution in [0.2, 0.25) is 0 Å². The molecule has 2 heterocycles. The Hall–Kier alpha value is -2.02. The zero-order chi connectivity index (χ0) is 14.1. The van der Waals surface area contributed by atoms with E-state index in [1.54, 1.807) is 0 Å². The van der Waals surface area contributed by atoms with Crippen molar-refractivity contribution in [3.8, 4) is 6.07 Å². The quantitative estimate of drug-likeness (QED) is 0.856. The molecule has 0 aromatic carbocycles. The first-order valence-corrected chi connectivity index (χ1v) is 7.46. The second kappa shape index (κ2) is 5.16. The van der Waals surface area contributed by atoms with Crippen LogP contribution in [-0.2, 0) is 12.8 Å². The van der Waals surface area contributed by atoms with E-state index in [-0.39, 0.29) is 0 Å². The largest absolute Gasteiger partial charge is 0.384 e. The third kappa shape index (κ3) is 1.85. The van der Waals surface area contributed by atoms with Crippen molar-refractivity contribution >= 4 is 11.5 Å². The Labute approximate surface area is 119 Å². The van der Waals surface area contributed by atoms with Gasteiger partial charge in [-0.2, -0.15) is 5.26 Å². The SMILES string of the molecule is CCCCN=C1C(C#N)=C(N)n2c1cc1c2CCCC1. The molecule has 0 saturated carbocycles. The molecule has 1 aromatic heterocycles. The van der Waals surface area contributed by atoms with Gasteiger partial charge in [0.05, 0.1) is 5.69 Å². The van der Waals surface area contributed by atoms with Crippen molar-refractivity contribution in [1.29, 1.82) is 5.26 Å². The van der Waals surface area contributed by atoms with E-state index in [1.807, 2.05) is 0 Å². The highest BCUT2D eigenvalue weighted by atomic mass is 15.1. The highest BCUT2D eigenvalue weighted by Gasteiger charge is 2.31. The van der Waals surface area contributed by atoms with Crippen LogP contribution in [-0.4, -0.2) is 16.8 Å². The Morgan fingerprint density at radius 1 is 1.40 bits per heavy atom. The van der Waals surface area contributed by atoms with Gasteiger partial charge in [0.25, 0.3) is 0 Å². The summed E-state index contributed by atoms with van der Waals surface area (Å²) in [6.07, 6.45) is 6.77. The minimum absolute atomic E-state index is 0.546. The van der Waals surface area contributed by atoms with Gasteiger partial charge in [0.15, 0.2) is 0 Å². The van der Waals surface area contributed by atoms with Crippen LogP contribution in [0, 0.1) is 11.3 Å². The van der Waals surface area contributed by atoms with Crippen LogP contribution in [0.3, 0.4) is 0 Å². The van der Waals surface area contributed by atoms with Crippen LogP contribution < -0.4 is 5.73 Å². The molecular weight excluding hydrogens is 248 g/mol. The highest BCUT2D eigenvalue weighted by molar-refractivity contribution is 6.21. The minimum Gasteiger partial charge on any atom is -0.384 e. The molecule has 0 saturated heterocycles. The van der Waals surface area contributed by atoms with Gasteiger partial charge in [-0.15, -0.1) is 0 Å². The Morgan fingerprint density at radius 2 is 2.20 bits per heavy atom. The second-order valence-electron chi connectivity index (χ2n) is 5.50. The van der Waals surface area contributed by atoms with Crippen LogP contribution in [0.1, 0.15) is 49.6 Å². The number of aryl methyl sites for hydroxylation is 1. The monoisotopic (exact) mass is 268 g/mol. The lowest BCUT2D eigenvalue weighted by Gasteiger charge is -2.14. The number of aromatic nitrogens is 1. The molecule has 0 unspecified atom stereocenters. The van der Waals surface area contributed by atoms with Gasteiger partial charge in [0, 0.05) is 12.2 Å². The first-order chi connectivity index (χ1) is 9.77. The molecule has 2 aliphatic rings. The zero-order valence-corrected chi connectivity index (χ0v) is 11.9. The van der Waals surface area contributed by atoms with Crippen LogP contribution >= 0.6 is 0 Å². The Bertz CT molecular complexity index is 640. The first kappa shape index (κ1) is 13.0. The molecule has 0 radical (unpaired) electrons. The van der Waals surface area contributed by atoms with Crippen molar-refractivity contribution in [1.82, 2.24) is 4.57 Å². The van der Waals surface area contributed by atoms with Crippen molar-refractivity contribution in [2.24, 2.45) is 10.7 Å². The summed E-state index contributed by atoms with van der Waals surface area (Å²) in [7, 11) is 0. The molecule has 1 aliphatic heterocycles. The maximum absolute atomic E-state index is 9.38. The molecule has 1 aromatic rings. The smallest absolute Gasteiger partial charge is 0.128 e. The fraction of sp³-hybridized carbons (Fsp3) is 0.500. The number of hydrogen-bond donors (Lipinski definition) is 1. The molecule has 20 heavy (non-hydrogen) atoms. The van der Waals surface area contributed by atoms with Crippen molar-refractivity contribution in [3.05, 3.63) is 28.6 Å². The average Bonchev–Trinajstić information content (AvgIpc) is 2.95. The average molecular weight is 268 g/mol. The summed E-state index contributed by atoms with van der Waals surface area (Å²) in [4.78, 5) is 4.64. The lowest BCUT2D eigenvalue weighted by atomic mass is 9.97. The molecule has 0 spiro atoms. The fourth-order valence-corrected chi connectivity index (χ4v) is 3.13. The summed E-state index contributed by atoms with van der Waals surface area (Å²) in [5.41, 5.74) is 11.3. The van der Waals surface area contributed by atoms with E-state index < -0.39 is 0 Å². The summed E-state index contributed by atoms with van der Waals surface area (Å²) in [6.45, 7) is 2.91. The van der Waals surface area contributed by atoms with E-state index in [1.165, 1.54) is 24.1 Å². The molecule has 0 amide bonds. The number of aliphatic imine (C=N–C) groups is 1. The summed E-state index contributed by atoms with van der Waals surface area (Å²) in [6, 6.07) is 4.42. The molecule has 0 bridgehead atoms. The molecule has 4 heteroatoms. The predicted molar refractivity (Wildman–Crippen MR) is 80.4 cm³/mol. The molecule has 1 aliphatic carbocycles. The molecule has 0 fully saturated rings. The summed E-state index contributed by atoms with van der Waals surface area (Å²) in [5.74, 6) is 0.570. The van der Waals surface area contributed by atoms with Gasteiger partial charge in [-0.05, 0) is 43.7 Å². The van der Waals surface area contributed by atoms with Crippen LogP contribution in [0.25, 0.3) is 5.82 Å². The van der Waals surface area contributed by atoms with Gasteiger partial charge < -0.3 is 5.73 Å². The van der Waals surface area contributed by atoms with Gasteiger partial charge in [0.2, 0.25) is 0 Å². The topological polar surface area (TPSA) is 67.1 Å². The van der Waals surface area contributed by atoms with Crippen LogP contribution in [0.4, 0.5) is 0 Å². The number of nitrogens with zero attached hydrogens (tertiary/aromatic N) is 3. The van der Waals surface area contributed by atoms with E-state index in [9.17, 15) is 5.26 Å². The van der Waals surface area contributed by atoms with Gasteiger partial charge in [-0.25, -0.2) is 0 Å². The van der Waals surface area contributed by atoms with E-state index in [4.69, 9.17) is 5.73 Å². The van der Waals surface area contributed by atoms with Gasteiger partial charge in [-0.3, -0.25) is 9.56 Å². The molecular formula is C16H20N4. The van der Waals surface area contributed by atoms with E-state index in [0.29, 0.717) is 11.4 Å². The summed E-state index contributed by atoms with van der Waals surface area (Å²) >= 11 is 0. The van der Waals surface area contributed by atoms with Crippen molar-refractivity contribution < 1.29 is 0 Å². The van der Waals surface area contributed by atoms with Crippen molar-refractivity contribution in [3.63, 3.8) is 0 Å². The minimum atomic E-state index is 0.546. The van der Waals surface area contributed by atoms with Gasteiger partial charge >= 0.3 is 0 Å². The molecule has 104 valence electrons. The number of rotatable bonds is 3. The predicted octanol–water partition coefficient (Wildman–Crippen LogP) is 2.62. The number of hydrogen-bond acceptors (Lipinski definition) is 3. The second-order valence-corrected chi connectivity index (χ2v) is 5.50. The molecule has 3 rings (SSSR count). The standard InChI is InChI=1S/C16H20N4/c1-2-3-8-19-15-12(10-17)16(18)20-13-7-5-4-6-11(13)9-14(15)20/h9H,2-8,18H2,1H3. The number of nitriles is 1. The van der Waals surface area contributed by atoms with Gasteiger partial charge in [-0.1, -0.05) is 13.3 Å². The van der Waals surface area contributed by atoms with E-state index >= 15 is 0 Å². The lowest BCUT2D eigenvalue weighted by molar-refractivity contribution is 0.664. The lowest BCUT2D eigenvalue weighted by Crippen LogP contribution is -2.11. The van der Waals surface area contributed by atoms with Crippen molar-refractivity contribution in [2.45, 2.75) is 45.4 Å². The maximum Gasteiger partial charge on any atom is 0.128 e. The van der Waals surface area contributed by atoms with Crippen LogP contribution in [0.5, 0.6) is 0 Å². The zero-order valence-electron chi connectivity index (χ0n) is 11.9. The molecule has 2 N–H and O–H groups in total. The molecule has 4 nitrogen and oxygen atoms in total. The number of unbranched alkanes of at least 4 members (excludes halogenated alkanes) is 1. The highest BCUT2D eigenvalue weighted by Crippen LogP contribution is 2.33. The van der Waals surface area contributed by atoms with E-state index in [0.717, 1.165) is 43.6 Å². The van der Waals surface area contributed by atoms with Crippen LogP contribution in [0.15, 0.2) is 16.6 Å². The summed E-state index contributed by atoms with van der Waals surface area (Å²) < 4.78 is 2.07. The van der Waals surface area contributed by atoms with E-state index in [2.05, 4.69) is 28.6 Å². The summed E-state index contributed by atoms with van der Waals surface area (Å²) in [5, 5.41) is 9.38. The number of allylic oxidation sites excluding steroid dienone is 1. The number of fused-ring (bicyclic) bond motifs is 3. The maximum atomic E-state index is 9.38. The van der Waals surface area contributed by atoms with Gasteiger partial charge in [0.1, 0.15) is 23.2 Å². The third-order valence-electron chi connectivity index (χ3n) is 4.17. The third-order valence-corrected chi connectivity index (χ3v) is 4.17. The number of nitrogens with two attached hydrogens (primary N) is 1. The molecule has 0 atom stereocenters. The Balaban J connectivity index is 2.09. The normalized spacial score (nSPS) is 19.1. The Kier molecular flexibility index (Phi) is 3.35. The van der Waals surface area contributed by atoms with Crippen molar-refractivity contribution in [2.75, 3.05) is 6.54 Å². The Morgan fingerprint density at radius 3 is 2.95 bits per heavy atom. The fourth-order valence-electron chi connectivity index (χ4n) is 3.13.